The lowest BCUT2D eigenvalue weighted by Gasteiger charge is -2.29. The van der Waals surface area contributed by atoms with Crippen molar-refractivity contribution in [2.75, 3.05) is 6.54 Å². The molecule has 0 fully saturated rings. The third kappa shape index (κ3) is 2.53. The van der Waals surface area contributed by atoms with Crippen molar-refractivity contribution in [3.05, 3.63) is 59.0 Å². The third-order valence-electron chi connectivity index (χ3n) is 4.64. The molecule has 0 aliphatic heterocycles. The van der Waals surface area contributed by atoms with Gasteiger partial charge in [0.2, 0.25) is 0 Å². The largest absolute Gasteiger partial charge is 0.469 e. The summed E-state index contributed by atoms with van der Waals surface area (Å²) in [5.41, 5.74) is 10.4. The first kappa shape index (κ1) is 13.4. The van der Waals surface area contributed by atoms with Crippen molar-refractivity contribution >= 4 is 0 Å². The normalized spacial score (nSPS) is 17.5. The van der Waals surface area contributed by atoms with Crippen molar-refractivity contribution < 1.29 is 4.42 Å². The zero-order chi connectivity index (χ0) is 14.0. The molecule has 3 rings (SSSR count). The molecule has 1 unspecified atom stereocenters. The average Bonchev–Trinajstić information content (AvgIpc) is 2.99. The van der Waals surface area contributed by atoms with E-state index in [2.05, 4.69) is 25.1 Å². The summed E-state index contributed by atoms with van der Waals surface area (Å²) in [7, 11) is 0. The van der Waals surface area contributed by atoms with Gasteiger partial charge >= 0.3 is 0 Å². The van der Waals surface area contributed by atoms with Crippen molar-refractivity contribution in [1.29, 1.82) is 0 Å². The maximum Gasteiger partial charge on any atom is 0.104 e. The fraction of sp³-hybridized carbons (Fsp3) is 0.444. The van der Waals surface area contributed by atoms with Gasteiger partial charge in [-0.3, -0.25) is 0 Å². The highest BCUT2D eigenvalue weighted by Gasteiger charge is 2.27. The highest BCUT2D eigenvalue weighted by atomic mass is 16.3. The van der Waals surface area contributed by atoms with Gasteiger partial charge in [-0.1, -0.05) is 25.1 Å². The summed E-state index contributed by atoms with van der Waals surface area (Å²) >= 11 is 0. The Hall–Kier alpha value is -1.54. The topological polar surface area (TPSA) is 39.2 Å². The molecule has 0 saturated carbocycles. The van der Waals surface area contributed by atoms with Crippen LogP contribution in [0.25, 0.3) is 0 Å². The molecule has 2 nitrogen and oxygen atoms in total. The van der Waals surface area contributed by atoms with Crippen molar-refractivity contribution in [2.45, 2.75) is 44.4 Å². The van der Waals surface area contributed by atoms with E-state index in [1.54, 1.807) is 6.26 Å². The molecular weight excluding hydrogens is 246 g/mol. The summed E-state index contributed by atoms with van der Waals surface area (Å²) in [6, 6.07) is 10.9. The molecule has 0 amide bonds. The maximum atomic E-state index is 6.09. The first-order valence-corrected chi connectivity index (χ1v) is 7.56. The molecular formula is C18H23NO. The van der Waals surface area contributed by atoms with Gasteiger partial charge in [0, 0.05) is 18.4 Å². The predicted molar refractivity (Wildman–Crippen MR) is 81.9 cm³/mol. The van der Waals surface area contributed by atoms with E-state index in [-0.39, 0.29) is 5.41 Å². The summed E-state index contributed by atoms with van der Waals surface area (Å²) in [5, 5.41) is 0. The van der Waals surface area contributed by atoms with Crippen LogP contribution in [0.3, 0.4) is 0 Å². The quantitative estimate of drug-likeness (QED) is 0.920. The number of furan rings is 1. The molecule has 106 valence electrons. The van der Waals surface area contributed by atoms with Crippen LogP contribution in [-0.2, 0) is 24.7 Å². The Labute approximate surface area is 121 Å². The molecule has 0 bridgehead atoms. The fourth-order valence-electron chi connectivity index (χ4n) is 3.20. The second-order valence-corrected chi connectivity index (χ2v) is 6.21. The van der Waals surface area contributed by atoms with Crippen LogP contribution < -0.4 is 5.73 Å². The van der Waals surface area contributed by atoms with E-state index in [9.17, 15) is 0 Å². The third-order valence-corrected chi connectivity index (χ3v) is 4.64. The van der Waals surface area contributed by atoms with Crippen LogP contribution in [-0.4, -0.2) is 6.54 Å². The molecule has 1 aromatic heterocycles. The smallest absolute Gasteiger partial charge is 0.104 e. The van der Waals surface area contributed by atoms with Gasteiger partial charge in [0.25, 0.3) is 0 Å². The molecule has 1 aliphatic rings. The van der Waals surface area contributed by atoms with E-state index in [0.717, 1.165) is 12.2 Å². The summed E-state index contributed by atoms with van der Waals surface area (Å²) in [6.07, 6.45) is 7.67. The Kier molecular flexibility index (Phi) is 3.66. The highest BCUT2D eigenvalue weighted by molar-refractivity contribution is 5.38. The molecule has 2 N–H and O–H groups in total. The Bertz CT molecular complexity index is 573. The lowest BCUT2D eigenvalue weighted by Crippen LogP contribution is -2.34. The average molecular weight is 269 g/mol. The van der Waals surface area contributed by atoms with Crippen LogP contribution in [0.2, 0.25) is 0 Å². The molecule has 2 heteroatoms. The molecule has 1 aliphatic carbocycles. The highest BCUT2D eigenvalue weighted by Crippen LogP contribution is 2.31. The molecule has 1 heterocycles. The van der Waals surface area contributed by atoms with Crippen molar-refractivity contribution in [3.63, 3.8) is 0 Å². The summed E-state index contributed by atoms with van der Waals surface area (Å²) in [4.78, 5) is 0. The van der Waals surface area contributed by atoms with Gasteiger partial charge in [-0.15, -0.1) is 0 Å². The summed E-state index contributed by atoms with van der Waals surface area (Å²) < 4.78 is 5.51. The van der Waals surface area contributed by atoms with E-state index in [4.69, 9.17) is 10.2 Å². The van der Waals surface area contributed by atoms with Crippen LogP contribution in [0, 0.1) is 0 Å². The predicted octanol–water partition coefficient (Wildman–Crippen LogP) is 3.62. The number of aryl methyl sites for hydroxylation is 2. The van der Waals surface area contributed by atoms with Crippen LogP contribution in [0.5, 0.6) is 0 Å². The second-order valence-electron chi connectivity index (χ2n) is 6.21. The maximum absolute atomic E-state index is 6.09. The molecule has 1 atom stereocenters. The first-order valence-electron chi connectivity index (χ1n) is 7.56. The lowest BCUT2D eigenvalue weighted by molar-refractivity contribution is 0.411. The standard InChI is InChI=1S/C18H23NO/c1-18(13-19,12-17-7-4-10-20-17)16-9-8-14-5-2-3-6-15(14)11-16/h4,7-11H,2-3,5-6,12-13,19H2,1H3. The van der Waals surface area contributed by atoms with Gasteiger partial charge in [-0.05, 0) is 54.5 Å². The number of nitrogens with two attached hydrogens (primary N) is 1. The Morgan fingerprint density at radius 2 is 1.95 bits per heavy atom. The Balaban J connectivity index is 1.92. The SMILES string of the molecule is CC(CN)(Cc1ccco1)c1ccc2c(c1)CCCC2. The minimum Gasteiger partial charge on any atom is -0.469 e. The monoisotopic (exact) mass is 269 g/mol. The molecule has 0 radical (unpaired) electrons. The van der Waals surface area contributed by atoms with E-state index in [0.29, 0.717) is 6.54 Å². The number of benzene rings is 1. The van der Waals surface area contributed by atoms with E-state index >= 15 is 0 Å². The molecule has 2 aromatic rings. The van der Waals surface area contributed by atoms with E-state index < -0.39 is 0 Å². The lowest BCUT2D eigenvalue weighted by atomic mass is 9.76. The molecule has 1 aromatic carbocycles. The molecule has 20 heavy (non-hydrogen) atoms. The van der Waals surface area contributed by atoms with Crippen molar-refractivity contribution in [3.8, 4) is 0 Å². The fourth-order valence-corrected chi connectivity index (χ4v) is 3.20. The zero-order valence-electron chi connectivity index (χ0n) is 12.2. The Morgan fingerprint density at radius 1 is 1.15 bits per heavy atom. The summed E-state index contributed by atoms with van der Waals surface area (Å²) in [6.45, 7) is 2.87. The number of fused-ring (bicyclic) bond motifs is 1. The van der Waals surface area contributed by atoms with Crippen molar-refractivity contribution in [1.82, 2.24) is 0 Å². The summed E-state index contributed by atoms with van der Waals surface area (Å²) in [5.74, 6) is 1.01. The second kappa shape index (κ2) is 5.45. The zero-order valence-corrected chi connectivity index (χ0v) is 12.2. The van der Waals surface area contributed by atoms with Gasteiger partial charge in [-0.25, -0.2) is 0 Å². The number of rotatable bonds is 4. The van der Waals surface area contributed by atoms with Crippen LogP contribution in [0.4, 0.5) is 0 Å². The van der Waals surface area contributed by atoms with Crippen LogP contribution >= 0.6 is 0 Å². The van der Waals surface area contributed by atoms with Gasteiger partial charge in [0.05, 0.1) is 6.26 Å². The molecule has 0 spiro atoms. The van der Waals surface area contributed by atoms with Gasteiger partial charge < -0.3 is 10.2 Å². The van der Waals surface area contributed by atoms with E-state index in [1.807, 2.05) is 12.1 Å². The van der Waals surface area contributed by atoms with Crippen LogP contribution in [0.15, 0.2) is 41.0 Å². The molecule has 0 saturated heterocycles. The first-order chi connectivity index (χ1) is 9.71. The van der Waals surface area contributed by atoms with Gasteiger partial charge in [0.1, 0.15) is 5.76 Å². The van der Waals surface area contributed by atoms with Crippen molar-refractivity contribution in [2.24, 2.45) is 5.73 Å². The van der Waals surface area contributed by atoms with Gasteiger partial charge in [-0.2, -0.15) is 0 Å². The minimum atomic E-state index is -0.0513. The van der Waals surface area contributed by atoms with E-state index in [1.165, 1.54) is 42.4 Å². The van der Waals surface area contributed by atoms with Gasteiger partial charge in [0.15, 0.2) is 0 Å². The number of hydrogen-bond donors (Lipinski definition) is 1. The van der Waals surface area contributed by atoms with Crippen LogP contribution in [0.1, 0.15) is 42.2 Å². The minimum absolute atomic E-state index is 0.0513. The Morgan fingerprint density at radius 3 is 2.65 bits per heavy atom. The number of hydrogen-bond acceptors (Lipinski definition) is 2.